The molecule has 1 aromatic carbocycles. The van der Waals surface area contributed by atoms with E-state index in [1.807, 2.05) is 35.2 Å². The number of hydrogen-bond donors (Lipinski definition) is 2. The fourth-order valence-corrected chi connectivity index (χ4v) is 3.65. The Morgan fingerprint density at radius 2 is 2.00 bits per heavy atom. The van der Waals surface area contributed by atoms with Crippen LogP contribution in [0.2, 0.25) is 0 Å². The van der Waals surface area contributed by atoms with Crippen molar-refractivity contribution in [3.63, 3.8) is 0 Å². The average molecular weight is 355 g/mol. The second-order valence-corrected chi connectivity index (χ2v) is 6.73. The number of carbonyl (C=O) groups is 1. The Morgan fingerprint density at radius 1 is 1.33 bits per heavy atom. The van der Waals surface area contributed by atoms with Crippen LogP contribution in [-0.2, 0) is 9.53 Å². The second-order valence-electron chi connectivity index (χ2n) is 6.73. The predicted octanol–water partition coefficient (Wildman–Crippen LogP) is 2.03. The third kappa shape index (κ3) is 4.09. The Hall–Kier alpha value is -1.14. The smallest absolute Gasteiger partial charge is 0.243 e. The SMILES string of the molecule is Cl.NC1(C(=O)N2CCCC2CC(O)c2ccccc2)CCOCC1. The molecule has 0 saturated carbocycles. The van der Waals surface area contributed by atoms with Crippen LogP contribution in [0.1, 0.15) is 43.8 Å². The van der Waals surface area contributed by atoms with E-state index in [0.717, 1.165) is 24.9 Å². The van der Waals surface area contributed by atoms with Gasteiger partial charge in [0, 0.05) is 25.8 Å². The average Bonchev–Trinajstić information content (AvgIpc) is 3.03. The molecule has 0 radical (unpaired) electrons. The highest BCUT2D eigenvalue weighted by Crippen LogP contribution is 2.31. The van der Waals surface area contributed by atoms with Crippen molar-refractivity contribution in [3.8, 4) is 0 Å². The molecule has 3 rings (SSSR count). The maximum absolute atomic E-state index is 12.9. The van der Waals surface area contributed by atoms with E-state index in [9.17, 15) is 9.90 Å². The first-order valence-electron chi connectivity index (χ1n) is 8.51. The van der Waals surface area contributed by atoms with Crippen molar-refractivity contribution < 1.29 is 14.6 Å². The van der Waals surface area contributed by atoms with Gasteiger partial charge in [-0.05, 0) is 37.7 Å². The van der Waals surface area contributed by atoms with Gasteiger partial charge in [-0.3, -0.25) is 4.79 Å². The molecule has 2 aliphatic rings. The highest BCUT2D eigenvalue weighted by atomic mass is 35.5. The summed E-state index contributed by atoms with van der Waals surface area (Å²) in [6.07, 6.45) is 3.10. The van der Waals surface area contributed by atoms with Gasteiger partial charge >= 0.3 is 0 Å². The molecule has 6 heteroatoms. The Morgan fingerprint density at radius 3 is 2.67 bits per heavy atom. The molecule has 24 heavy (non-hydrogen) atoms. The summed E-state index contributed by atoms with van der Waals surface area (Å²) >= 11 is 0. The van der Waals surface area contributed by atoms with Gasteiger partial charge in [0.15, 0.2) is 0 Å². The summed E-state index contributed by atoms with van der Waals surface area (Å²) in [5.41, 5.74) is 6.46. The van der Waals surface area contributed by atoms with Crippen molar-refractivity contribution in [2.24, 2.45) is 5.73 Å². The monoisotopic (exact) mass is 354 g/mol. The molecule has 2 unspecified atom stereocenters. The largest absolute Gasteiger partial charge is 0.388 e. The number of aliphatic hydroxyl groups excluding tert-OH is 1. The standard InChI is InChI=1S/C18H26N2O3.ClH/c19-18(8-11-23-12-9-18)17(22)20-10-4-7-15(20)13-16(21)14-5-2-1-3-6-14;/h1-3,5-6,15-16,21H,4,7-13,19H2;1H. The lowest BCUT2D eigenvalue weighted by Crippen LogP contribution is -2.59. The molecule has 2 aliphatic heterocycles. The quantitative estimate of drug-likeness (QED) is 0.867. The first kappa shape index (κ1) is 19.2. The number of hydrogen-bond acceptors (Lipinski definition) is 4. The normalized spacial score (nSPS) is 24.2. The summed E-state index contributed by atoms with van der Waals surface area (Å²) < 4.78 is 5.34. The molecule has 1 amide bonds. The Bertz CT molecular complexity index is 534. The summed E-state index contributed by atoms with van der Waals surface area (Å²) in [5.74, 6) is 0.0311. The molecular formula is C18H27ClN2O3. The molecule has 0 spiro atoms. The van der Waals surface area contributed by atoms with Crippen molar-refractivity contribution in [2.45, 2.75) is 49.8 Å². The van der Waals surface area contributed by atoms with E-state index in [0.29, 0.717) is 32.5 Å². The number of nitrogens with zero attached hydrogens (tertiary/aromatic N) is 1. The zero-order valence-electron chi connectivity index (χ0n) is 13.9. The van der Waals surface area contributed by atoms with E-state index in [1.165, 1.54) is 0 Å². The molecule has 2 atom stereocenters. The van der Waals surface area contributed by atoms with Crippen molar-refractivity contribution in [3.05, 3.63) is 35.9 Å². The van der Waals surface area contributed by atoms with Crippen molar-refractivity contribution in [2.75, 3.05) is 19.8 Å². The van der Waals surface area contributed by atoms with Crippen molar-refractivity contribution in [1.29, 1.82) is 0 Å². The molecule has 0 aliphatic carbocycles. The number of carbonyl (C=O) groups excluding carboxylic acids is 1. The molecule has 2 fully saturated rings. The minimum atomic E-state index is -0.793. The molecule has 134 valence electrons. The zero-order valence-corrected chi connectivity index (χ0v) is 14.7. The van der Waals surface area contributed by atoms with Gasteiger partial charge in [0.05, 0.1) is 11.6 Å². The van der Waals surface area contributed by atoms with Gasteiger partial charge in [0.25, 0.3) is 0 Å². The maximum atomic E-state index is 12.9. The van der Waals surface area contributed by atoms with E-state index >= 15 is 0 Å². The van der Waals surface area contributed by atoms with Gasteiger partial charge in [0.2, 0.25) is 5.91 Å². The number of halogens is 1. The number of nitrogens with two attached hydrogens (primary N) is 1. The Kier molecular flexibility index (Phi) is 6.63. The number of amides is 1. The van der Waals surface area contributed by atoms with Gasteiger partial charge in [-0.2, -0.15) is 0 Å². The van der Waals surface area contributed by atoms with Crippen molar-refractivity contribution in [1.82, 2.24) is 4.90 Å². The van der Waals surface area contributed by atoms with Gasteiger partial charge in [-0.25, -0.2) is 0 Å². The van der Waals surface area contributed by atoms with E-state index < -0.39 is 11.6 Å². The number of benzene rings is 1. The molecule has 1 aromatic rings. The summed E-state index contributed by atoms with van der Waals surface area (Å²) in [6.45, 7) is 1.84. The number of ether oxygens (including phenoxy) is 1. The summed E-state index contributed by atoms with van der Waals surface area (Å²) in [7, 11) is 0. The van der Waals surface area contributed by atoms with E-state index in [1.54, 1.807) is 0 Å². The molecule has 5 nitrogen and oxygen atoms in total. The Labute approximate surface area is 149 Å². The van der Waals surface area contributed by atoms with Crippen LogP contribution in [0.5, 0.6) is 0 Å². The highest BCUT2D eigenvalue weighted by molar-refractivity contribution is 5.86. The highest BCUT2D eigenvalue weighted by Gasteiger charge is 2.42. The molecule has 0 aromatic heterocycles. The molecule has 2 heterocycles. The van der Waals surface area contributed by atoms with Gasteiger partial charge in [0.1, 0.15) is 0 Å². The van der Waals surface area contributed by atoms with Gasteiger partial charge in [-0.1, -0.05) is 30.3 Å². The zero-order chi connectivity index (χ0) is 16.3. The van der Waals surface area contributed by atoms with Crippen molar-refractivity contribution >= 4 is 18.3 Å². The van der Waals surface area contributed by atoms with E-state index in [4.69, 9.17) is 10.5 Å². The molecule has 2 saturated heterocycles. The van der Waals surface area contributed by atoms with Crippen LogP contribution in [-0.4, -0.2) is 47.3 Å². The Balaban J connectivity index is 0.00000208. The summed E-state index contributed by atoms with van der Waals surface area (Å²) in [6, 6.07) is 9.70. The number of rotatable bonds is 4. The van der Waals surface area contributed by atoms with Crippen LogP contribution < -0.4 is 5.73 Å². The number of aliphatic hydroxyl groups is 1. The lowest BCUT2D eigenvalue weighted by molar-refractivity contribution is -0.141. The first-order chi connectivity index (χ1) is 11.1. The minimum absolute atomic E-state index is 0. The lowest BCUT2D eigenvalue weighted by Gasteiger charge is -2.38. The van der Waals surface area contributed by atoms with Gasteiger partial charge < -0.3 is 20.5 Å². The minimum Gasteiger partial charge on any atom is -0.388 e. The third-order valence-electron chi connectivity index (χ3n) is 5.13. The fourth-order valence-electron chi connectivity index (χ4n) is 3.65. The molecular weight excluding hydrogens is 328 g/mol. The van der Waals surface area contributed by atoms with Crippen LogP contribution in [0.3, 0.4) is 0 Å². The lowest BCUT2D eigenvalue weighted by atomic mass is 9.89. The first-order valence-corrected chi connectivity index (χ1v) is 8.51. The summed E-state index contributed by atoms with van der Waals surface area (Å²) in [5, 5.41) is 10.5. The summed E-state index contributed by atoms with van der Waals surface area (Å²) in [4.78, 5) is 14.8. The topological polar surface area (TPSA) is 75.8 Å². The number of likely N-dealkylation sites (tertiary alicyclic amines) is 1. The predicted molar refractivity (Wildman–Crippen MR) is 95.0 cm³/mol. The molecule has 0 bridgehead atoms. The van der Waals surface area contributed by atoms with E-state index in [2.05, 4.69) is 0 Å². The fraction of sp³-hybridized carbons (Fsp3) is 0.611. The third-order valence-corrected chi connectivity index (χ3v) is 5.13. The van der Waals surface area contributed by atoms with Gasteiger partial charge in [-0.15, -0.1) is 12.4 Å². The molecule has 3 N–H and O–H groups in total. The second kappa shape index (κ2) is 8.30. The van der Waals surface area contributed by atoms with Crippen LogP contribution in [0, 0.1) is 0 Å². The van der Waals surface area contributed by atoms with Crippen LogP contribution in [0.15, 0.2) is 30.3 Å². The van der Waals surface area contributed by atoms with E-state index in [-0.39, 0.29) is 24.4 Å². The maximum Gasteiger partial charge on any atom is 0.243 e. The van der Waals surface area contributed by atoms with Crippen LogP contribution in [0.4, 0.5) is 0 Å². The van der Waals surface area contributed by atoms with Crippen LogP contribution >= 0.6 is 12.4 Å². The van der Waals surface area contributed by atoms with Crippen LogP contribution in [0.25, 0.3) is 0 Å².